The third kappa shape index (κ3) is 3.14. The van der Waals surface area contributed by atoms with Crippen molar-refractivity contribution in [2.45, 2.75) is 6.04 Å². The molecule has 0 N–H and O–H groups in total. The molecule has 0 aliphatic carbocycles. The van der Waals surface area contributed by atoms with Gasteiger partial charge in [0.15, 0.2) is 5.43 Å². The lowest BCUT2D eigenvalue weighted by Gasteiger charge is -2.25. The molecule has 0 radical (unpaired) electrons. The normalized spacial score (nSPS) is 15.4. The number of benzene rings is 3. The molecule has 0 saturated heterocycles. The molecule has 1 aliphatic heterocycles. The van der Waals surface area contributed by atoms with Crippen LogP contribution < -0.4 is 15.1 Å². The van der Waals surface area contributed by atoms with Crippen LogP contribution in [0.3, 0.4) is 0 Å². The van der Waals surface area contributed by atoms with Gasteiger partial charge in [-0.3, -0.25) is 14.5 Å². The maximum atomic E-state index is 13.5. The first-order chi connectivity index (χ1) is 15.0. The van der Waals surface area contributed by atoms with Crippen LogP contribution in [0.2, 0.25) is 5.02 Å². The number of halogens is 2. The molecule has 1 aromatic heterocycles. The fourth-order valence-electron chi connectivity index (χ4n) is 3.98. The molecule has 1 aliphatic rings. The van der Waals surface area contributed by atoms with Gasteiger partial charge in [0.2, 0.25) is 5.76 Å². The van der Waals surface area contributed by atoms with Crippen LogP contribution in [0.25, 0.3) is 11.0 Å². The van der Waals surface area contributed by atoms with Crippen molar-refractivity contribution in [2.75, 3.05) is 12.0 Å². The number of para-hydroxylation sites is 1. The van der Waals surface area contributed by atoms with Gasteiger partial charge >= 0.3 is 0 Å². The molecule has 4 aromatic rings. The predicted octanol–water partition coefficient (Wildman–Crippen LogP) is 5.97. The SMILES string of the molecule is COc1ccc(N2C(=O)c3oc4ccccc4c(=O)c3C2c2cccc(Br)c2)cc1Cl. The molecule has 7 heteroatoms. The van der Waals surface area contributed by atoms with Crippen molar-refractivity contribution < 1.29 is 13.9 Å². The Bertz CT molecular complexity index is 1410. The third-order valence-electron chi connectivity index (χ3n) is 5.36. The summed E-state index contributed by atoms with van der Waals surface area (Å²) in [7, 11) is 1.52. The highest BCUT2D eigenvalue weighted by Gasteiger charge is 2.43. The molecule has 1 atom stereocenters. The van der Waals surface area contributed by atoms with E-state index in [0.29, 0.717) is 33.0 Å². The van der Waals surface area contributed by atoms with E-state index >= 15 is 0 Å². The average Bonchev–Trinajstić information content (AvgIpc) is 3.06. The maximum Gasteiger partial charge on any atom is 0.295 e. The summed E-state index contributed by atoms with van der Waals surface area (Å²) in [4.78, 5) is 28.6. The number of rotatable bonds is 3. The Labute approximate surface area is 190 Å². The largest absolute Gasteiger partial charge is 0.495 e. The summed E-state index contributed by atoms with van der Waals surface area (Å²) in [5, 5.41) is 0.796. The Morgan fingerprint density at radius 1 is 1.03 bits per heavy atom. The third-order valence-corrected chi connectivity index (χ3v) is 6.14. The van der Waals surface area contributed by atoms with Crippen LogP contribution in [-0.2, 0) is 0 Å². The molecule has 0 bridgehead atoms. The quantitative estimate of drug-likeness (QED) is 0.351. The van der Waals surface area contributed by atoms with Crippen molar-refractivity contribution in [3.05, 3.63) is 103 Å². The number of hydrogen-bond acceptors (Lipinski definition) is 4. The summed E-state index contributed by atoms with van der Waals surface area (Å²) in [6.07, 6.45) is 0. The van der Waals surface area contributed by atoms with E-state index in [-0.39, 0.29) is 11.2 Å². The van der Waals surface area contributed by atoms with Crippen molar-refractivity contribution in [3.63, 3.8) is 0 Å². The molecule has 154 valence electrons. The van der Waals surface area contributed by atoms with Crippen molar-refractivity contribution in [2.24, 2.45) is 0 Å². The van der Waals surface area contributed by atoms with Gasteiger partial charge in [0.1, 0.15) is 11.3 Å². The van der Waals surface area contributed by atoms with Crippen LogP contribution in [0.15, 0.2) is 80.4 Å². The molecule has 0 saturated carbocycles. The van der Waals surface area contributed by atoms with Gasteiger partial charge < -0.3 is 9.15 Å². The number of hydrogen-bond donors (Lipinski definition) is 0. The van der Waals surface area contributed by atoms with Crippen molar-refractivity contribution in [3.8, 4) is 5.75 Å². The second-order valence-electron chi connectivity index (χ2n) is 7.12. The van der Waals surface area contributed by atoms with E-state index in [1.54, 1.807) is 47.4 Å². The second kappa shape index (κ2) is 7.55. The first-order valence-electron chi connectivity index (χ1n) is 9.48. The van der Waals surface area contributed by atoms with Crippen molar-refractivity contribution >= 4 is 50.1 Å². The Morgan fingerprint density at radius 3 is 2.58 bits per heavy atom. The zero-order chi connectivity index (χ0) is 21.7. The Morgan fingerprint density at radius 2 is 1.84 bits per heavy atom. The average molecular weight is 497 g/mol. The monoisotopic (exact) mass is 495 g/mol. The lowest BCUT2D eigenvalue weighted by Crippen LogP contribution is -2.29. The molecule has 1 unspecified atom stereocenters. The molecule has 5 rings (SSSR count). The number of ether oxygens (including phenoxy) is 1. The fraction of sp³-hybridized carbons (Fsp3) is 0.0833. The van der Waals surface area contributed by atoms with E-state index in [2.05, 4.69) is 15.9 Å². The van der Waals surface area contributed by atoms with Gasteiger partial charge in [-0.2, -0.15) is 0 Å². The number of carbonyl (C=O) groups excluding carboxylic acids is 1. The lowest BCUT2D eigenvalue weighted by atomic mass is 9.98. The molecular formula is C24H15BrClNO4. The molecule has 2 heterocycles. The molecule has 3 aromatic carbocycles. The molecule has 0 fully saturated rings. The first kappa shape index (κ1) is 19.8. The van der Waals surface area contributed by atoms with Crippen LogP contribution in [-0.4, -0.2) is 13.0 Å². The van der Waals surface area contributed by atoms with E-state index in [1.165, 1.54) is 7.11 Å². The van der Waals surface area contributed by atoms with Gasteiger partial charge in [-0.15, -0.1) is 0 Å². The summed E-state index contributed by atoms with van der Waals surface area (Å²) in [6, 6.07) is 18.9. The number of methoxy groups -OCH3 is 1. The minimum Gasteiger partial charge on any atom is -0.495 e. The minimum atomic E-state index is -0.662. The molecule has 5 nitrogen and oxygen atoms in total. The maximum absolute atomic E-state index is 13.5. The number of anilines is 1. The molecular weight excluding hydrogens is 482 g/mol. The Hall–Kier alpha value is -3.09. The van der Waals surface area contributed by atoms with E-state index in [0.717, 1.165) is 10.0 Å². The van der Waals surface area contributed by atoms with Gasteiger partial charge in [0, 0.05) is 10.2 Å². The summed E-state index contributed by atoms with van der Waals surface area (Å²) in [5.74, 6) is 0.137. The molecule has 0 spiro atoms. The van der Waals surface area contributed by atoms with Crippen LogP contribution in [0.4, 0.5) is 5.69 Å². The Kier molecular flexibility index (Phi) is 4.84. The highest BCUT2D eigenvalue weighted by molar-refractivity contribution is 9.10. The van der Waals surface area contributed by atoms with Crippen LogP contribution in [0, 0.1) is 0 Å². The Balaban J connectivity index is 1.80. The van der Waals surface area contributed by atoms with Crippen LogP contribution in [0.1, 0.15) is 27.7 Å². The smallest absolute Gasteiger partial charge is 0.295 e. The summed E-state index contributed by atoms with van der Waals surface area (Å²) in [6.45, 7) is 0. The minimum absolute atomic E-state index is 0.0422. The van der Waals surface area contributed by atoms with Gasteiger partial charge in [0.25, 0.3) is 5.91 Å². The lowest BCUT2D eigenvalue weighted by molar-refractivity contribution is 0.0971. The van der Waals surface area contributed by atoms with Gasteiger partial charge in [-0.1, -0.05) is 51.8 Å². The highest BCUT2D eigenvalue weighted by Crippen LogP contribution is 2.43. The number of carbonyl (C=O) groups is 1. The van der Waals surface area contributed by atoms with Gasteiger partial charge in [0.05, 0.1) is 29.1 Å². The fourth-order valence-corrected chi connectivity index (χ4v) is 4.65. The van der Waals surface area contributed by atoms with E-state index in [1.807, 2.05) is 24.3 Å². The number of nitrogens with zero attached hydrogens (tertiary/aromatic N) is 1. The topological polar surface area (TPSA) is 59.8 Å². The van der Waals surface area contributed by atoms with E-state index in [9.17, 15) is 9.59 Å². The zero-order valence-electron chi connectivity index (χ0n) is 16.3. The van der Waals surface area contributed by atoms with Crippen molar-refractivity contribution in [1.29, 1.82) is 0 Å². The standard InChI is InChI=1S/C24H15BrClNO4/c1-30-19-10-9-15(12-17(19)26)27-21(13-5-4-6-14(25)11-13)20-22(28)16-7-2-3-8-18(16)31-23(20)24(27)29/h2-12,21H,1H3. The first-order valence-corrected chi connectivity index (χ1v) is 10.6. The zero-order valence-corrected chi connectivity index (χ0v) is 18.6. The van der Waals surface area contributed by atoms with Crippen LogP contribution >= 0.6 is 27.5 Å². The summed E-state index contributed by atoms with van der Waals surface area (Å²) in [5.41, 5.74) is 1.78. The number of fused-ring (bicyclic) bond motifs is 2. The number of amides is 1. The van der Waals surface area contributed by atoms with Crippen molar-refractivity contribution in [1.82, 2.24) is 0 Å². The highest BCUT2D eigenvalue weighted by atomic mass is 79.9. The van der Waals surface area contributed by atoms with Gasteiger partial charge in [-0.05, 0) is 48.0 Å². The summed E-state index contributed by atoms with van der Waals surface area (Å²) >= 11 is 9.83. The predicted molar refractivity (Wildman–Crippen MR) is 123 cm³/mol. The summed E-state index contributed by atoms with van der Waals surface area (Å²) < 4.78 is 12.0. The molecule has 1 amide bonds. The second-order valence-corrected chi connectivity index (χ2v) is 8.44. The van der Waals surface area contributed by atoms with E-state index < -0.39 is 11.9 Å². The molecule has 31 heavy (non-hydrogen) atoms. The van der Waals surface area contributed by atoms with Gasteiger partial charge in [-0.25, -0.2) is 0 Å². The van der Waals surface area contributed by atoms with E-state index in [4.69, 9.17) is 20.8 Å². The van der Waals surface area contributed by atoms with Crippen LogP contribution in [0.5, 0.6) is 5.75 Å².